The molecule has 76 valence electrons. The van der Waals surface area contributed by atoms with Crippen molar-refractivity contribution in [3.8, 4) is 11.5 Å². The maximum atomic E-state index is 5.70. The minimum atomic E-state index is 0.800. The average molecular weight is 264 g/mol. The molecular weight excluding hydrogens is 254 g/mol. The van der Waals surface area contributed by atoms with E-state index in [2.05, 4.69) is 20.9 Å². The van der Waals surface area contributed by atoms with Crippen molar-refractivity contribution < 1.29 is 4.74 Å². The maximum absolute atomic E-state index is 5.70. The lowest BCUT2D eigenvalue weighted by Crippen LogP contribution is -1.87. The second-order valence-electron chi connectivity index (χ2n) is 3.17. The average Bonchev–Trinajstić information content (AvgIpc) is 2.22. The molecule has 2 aromatic rings. The molecule has 0 aliphatic carbocycles. The van der Waals surface area contributed by atoms with Gasteiger partial charge in [-0.1, -0.05) is 12.1 Å². The molecule has 0 fully saturated rings. The third kappa shape index (κ3) is 2.57. The molecule has 15 heavy (non-hydrogen) atoms. The SMILES string of the molecule is Cc1cc(Oc2ccccc2Br)ccn1. The summed E-state index contributed by atoms with van der Waals surface area (Å²) in [5.41, 5.74) is 0.944. The minimum absolute atomic E-state index is 0.800. The standard InChI is InChI=1S/C12H10BrNO/c1-9-8-10(6-7-14-9)15-12-5-3-2-4-11(12)13/h2-8H,1H3. The summed E-state index contributed by atoms with van der Waals surface area (Å²) in [5.74, 6) is 1.61. The Labute approximate surface area is 97.1 Å². The van der Waals surface area contributed by atoms with Gasteiger partial charge in [0.05, 0.1) is 4.47 Å². The van der Waals surface area contributed by atoms with Crippen LogP contribution in [0, 0.1) is 6.92 Å². The molecule has 2 rings (SSSR count). The zero-order valence-corrected chi connectivity index (χ0v) is 9.86. The van der Waals surface area contributed by atoms with Crippen LogP contribution in [0.2, 0.25) is 0 Å². The van der Waals surface area contributed by atoms with Gasteiger partial charge in [-0.15, -0.1) is 0 Å². The quantitative estimate of drug-likeness (QED) is 0.819. The molecule has 0 N–H and O–H groups in total. The maximum Gasteiger partial charge on any atom is 0.141 e. The number of pyridine rings is 1. The Kier molecular flexibility index (Phi) is 3.02. The van der Waals surface area contributed by atoms with E-state index in [9.17, 15) is 0 Å². The van der Waals surface area contributed by atoms with Crippen LogP contribution in [0.4, 0.5) is 0 Å². The van der Waals surface area contributed by atoms with Gasteiger partial charge in [0.25, 0.3) is 0 Å². The van der Waals surface area contributed by atoms with Crippen LogP contribution in [0.1, 0.15) is 5.69 Å². The molecule has 0 spiro atoms. The van der Waals surface area contributed by atoms with Crippen molar-refractivity contribution in [3.05, 3.63) is 52.8 Å². The fourth-order valence-electron chi connectivity index (χ4n) is 1.24. The number of para-hydroxylation sites is 1. The van der Waals surface area contributed by atoms with Gasteiger partial charge in [0.15, 0.2) is 0 Å². The van der Waals surface area contributed by atoms with Crippen LogP contribution >= 0.6 is 15.9 Å². The van der Waals surface area contributed by atoms with E-state index >= 15 is 0 Å². The summed E-state index contributed by atoms with van der Waals surface area (Å²) in [6.45, 7) is 1.94. The lowest BCUT2D eigenvalue weighted by atomic mass is 10.3. The molecule has 0 amide bonds. The number of aromatic nitrogens is 1. The van der Waals surface area contributed by atoms with Gasteiger partial charge in [-0.05, 0) is 41.1 Å². The number of halogens is 1. The fourth-order valence-corrected chi connectivity index (χ4v) is 1.60. The first-order valence-corrected chi connectivity index (χ1v) is 5.40. The van der Waals surface area contributed by atoms with E-state index in [0.717, 1.165) is 21.7 Å². The summed E-state index contributed by atoms with van der Waals surface area (Å²) in [4.78, 5) is 4.11. The fraction of sp³-hybridized carbons (Fsp3) is 0.0833. The molecule has 0 saturated carbocycles. The zero-order valence-electron chi connectivity index (χ0n) is 8.27. The molecule has 0 aliphatic rings. The highest BCUT2D eigenvalue weighted by Crippen LogP contribution is 2.28. The van der Waals surface area contributed by atoms with E-state index in [0.29, 0.717) is 0 Å². The van der Waals surface area contributed by atoms with Gasteiger partial charge in [0.1, 0.15) is 11.5 Å². The highest BCUT2D eigenvalue weighted by molar-refractivity contribution is 9.10. The highest BCUT2D eigenvalue weighted by Gasteiger charge is 2.01. The number of aryl methyl sites for hydroxylation is 1. The lowest BCUT2D eigenvalue weighted by Gasteiger charge is -2.07. The molecular formula is C12H10BrNO. The van der Waals surface area contributed by atoms with Crippen molar-refractivity contribution in [2.75, 3.05) is 0 Å². The van der Waals surface area contributed by atoms with Crippen molar-refractivity contribution in [3.63, 3.8) is 0 Å². The summed E-state index contributed by atoms with van der Waals surface area (Å²) < 4.78 is 6.65. The van der Waals surface area contributed by atoms with Crippen LogP contribution in [-0.4, -0.2) is 4.98 Å². The Morgan fingerprint density at radius 2 is 2.00 bits per heavy atom. The van der Waals surface area contributed by atoms with Crippen LogP contribution < -0.4 is 4.74 Å². The Bertz CT molecular complexity index is 471. The van der Waals surface area contributed by atoms with E-state index in [1.165, 1.54) is 0 Å². The second-order valence-corrected chi connectivity index (χ2v) is 4.02. The predicted molar refractivity (Wildman–Crippen MR) is 63.2 cm³/mol. The molecule has 0 unspecified atom stereocenters. The van der Waals surface area contributed by atoms with Gasteiger partial charge in [0.2, 0.25) is 0 Å². The van der Waals surface area contributed by atoms with Crippen molar-refractivity contribution in [2.24, 2.45) is 0 Å². The Balaban J connectivity index is 2.26. The number of hydrogen-bond donors (Lipinski definition) is 0. The van der Waals surface area contributed by atoms with Gasteiger partial charge in [-0.3, -0.25) is 4.98 Å². The molecule has 3 heteroatoms. The van der Waals surface area contributed by atoms with Crippen molar-refractivity contribution >= 4 is 15.9 Å². The molecule has 1 heterocycles. The van der Waals surface area contributed by atoms with Gasteiger partial charge in [0, 0.05) is 18.0 Å². The van der Waals surface area contributed by atoms with E-state index in [4.69, 9.17) is 4.74 Å². The Hall–Kier alpha value is -1.35. The summed E-state index contributed by atoms with van der Waals surface area (Å²) in [5, 5.41) is 0. The van der Waals surface area contributed by atoms with Crippen LogP contribution in [0.25, 0.3) is 0 Å². The largest absolute Gasteiger partial charge is 0.456 e. The second kappa shape index (κ2) is 4.45. The van der Waals surface area contributed by atoms with E-state index in [1.54, 1.807) is 6.20 Å². The van der Waals surface area contributed by atoms with Gasteiger partial charge < -0.3 is 4.74 Å². The molecule has 1 aromatic heterocycles. The number of rotatable bonds is 2. The molecule has 2 nitrogen and oxygen atoms in total. The van der Waals surface area contributed by atoms with Gasteiger partial charge in [-0.25, -0.2) is 0 Å². The predicted octanol–water partition coefficient (Wildman–Crippen LogP) is 3.94. The smallest absolute Gasteiger partial charge is 0.141 e. The van der Waals surface area contributed by atoms with Gasteiger partial charge in [-0.2, -0.15) is 0 Å². The normalized spacial score (nSPS) is 10.0. The van der Waals surface area contributed by atoms with Crippen molar-refractivity contribution in [1.82, 2.24) is 4.98 Å². The molecule has 1 aromatic carbocycles. The van der Waals surface area contributed by atoms with Crippen LogP contribution in [-0.2, 0) is 0 Å². The van der Waals surface area contributed by atoms with E-state index < -0.39 is 0 Å². The van der Waals surface area contributed by atoms with E-state index in [1.807, 2.05) is 43.3 Å². The van der Waals surface area contributed by atoms with Crippen LogP contribution in [0.15, 0.2) is 47.1 Å². The van der Waals surface area contributed by atoms with Crippen LogP contribution in [0.5, 0.6) is 11.5 Å². The van der Waals surface area contributed by atoms with Crippen molar-refractivity contribution in [2.45, 2.75) is 6.92 Å². The number of ether oxygens (including phenoxy) is 1. The van der Waals surface area contributed by atoms with E-state index in [-0.39, 0.29) is 0 Å². The molecule has 0 atom stereocenters. The Morgan fingerprint density at radius 1 is 1.20 bits per heavy atom. The van der Waals surface area contributed by atoms with Crippen molar-refractivity contribution in [1.29, 1.82) is 0 Å². The molecule has 0 bridgehead atoms. The monoisotopic (exact) mass is 263 g/mol. The minimum Gasteiger partial charge on any atom is -0.456 e. The summed E-state index contributed by atoms with van der Waals surface area (Å²) >= 11 is 3.43. The molecule has 0 radical (unpaired) electrons. The number of nitrogens with zero attached hydrogens (tertiary/aromatic N) is 1. The Morgan fingerprint density at radius 3 is 2.73 bits per heavy atom. The zero-order chi connectivity index (χ0) is 10.7. The summed E-state index contributed by atoms with van der Waals surface area (Å²) in [6.07, 6.45) is 1.74. The number of benzene rings is 1. The highest BCUT2D eigenvalue weighted by atomic mass is 79.9. The summed E-state index contributed by atoms with van der Waals surface area (Å²) in [7, 11) is 0. The third-order valence-electron chi connectivity index (χ3n) is 1.93. The molecule has 0 saturated heterocycles. The first-order valence-electron chi connectivity index (χ1n) is 4.61. The third-order valence-corrected chi connectivity index (χ3v) is 2.59. The van der Waals surface area contributed by atoms with Gasteiger partial charge >= 0.3 is 0 Å². The lowest BCUT2D eigenvalue weighted by molar-refractivity contribution is 0.478. The summed E-state index contributed by atoms with van der Waals surface area (Å²) in [6, 6.07) is 11.5. The first-order chi connectivity index (χ1) is 7.25. The van der Waals surface area contributed by atoms with Crippen LogP contribution in [0.3, 0.4) is 0 Å². The topological polar surface area (TPSA) is 22.1 Å². The molecule has 0 aliphatic heterocycles. The first kappa shape index (κ1) is 10.2. The number of hydrogen-bond acceptors (Lipinski definition) is 2.